The lowest BCUT2D eigenvalue weighted by atomic mass is 9.97. The number of hydrogen-bond donors (Lipinski definition) is 0. The van der Waals surface area contributed by atoms with E-state index in [9.17, 15) is 9.59 Å². The Morgan fingerprint density at radius 2 is 1.35 bits per heavy atom. The summed E-state index contributed by atoms with van der Waals surface area (Å²) in [6, 6.07) is 24.0. The van der Waals surface area contributed by atoms with E-state index in [2.05, 4.69) is 18.2 Å². The third kappa shape index (κ3) is 3.98. The highest BCUT2D eigenvalue weighted by Gasteiger charge is 2.51. The molecule has 158 valence electrons. The highest BCUT2D eigenvalue weighted by Crippen LogP contribution is 2.34. The van der Waals surface area contributed by atoms with Crippen LogP contribution in [0.4, 0.5) is 10.5 Å². The van der Waals surface area contributed by atoms with Crippen molar-refractivity contribution in [3.63, 3.8) is 0 Å². The zero-order chi connectivity index (χ0) is 22.2. The number of amides is 3. The number of imide groups is 1. The predicted molar refractivity (Wildman–Crippen MR) is 124 cm³/mol. The molecule has 4 heteroatoms. The number of carbonyl (C=O) groups excluding carboxylic acids is 2. The summed E-state index contributed by atoms with van der Waals surface area (Å²) in [5, 5.41) is 0. The summed E-state index contributed by atoms with van der Waals surface area (Å²) in [4.78, 5) is 29.8. The van der Waals surface area contributed by atoms with Gasteiger partial charge in [-0.25, -0.2) is 9.69 Å². The van der Waals surface area contributed by atoms with Crippen LogP contribution in [-0.2, 0) is 17.8 Å². The second kappa shape index (κ2) is 8.03. The summed E-state index contributed by atoms with van der Waals surface area (Å²) in [5.74, 6) is -0.192. The van der Waals surface area contributed by atoms with Gasteiger partial charge in [-0.3, -0.25) is 4.79 Å². The maximum Gasteiger partial charge on any atom is 0.332 e. The fourth-order valence-electron chi connectivity index (χ4n) is 4.28. The molecule has 1 saturated heterocycles. The number of carbonyl (C=O) groups is 2. The van der Waals surface area contributed by atoms with E-state index < -0.39 is 5.54 Å². The minimum absolute atomic E-state index is 0.192. The monoisotopic (exact) mass is 412 g/mol. The van der Waals surface area contributed by atoms with Crippen LogP contribution < -0.4 is 4.90 Å². The number of rotatable bonds is 5. The van der Waals surface area contributed by atoms with E-state index in [4.69, 9.17) is 0 Å². The van der Waals surface area contributed by atoms with Crippen molar-refractivity contribution in [2.75, 3.05) is 4.90 Å². The van der Waals surface area contributed by atoms with Crippen molar-refractivity contribution in [2.24, 2.45) is 0 Å². The molecule has 0 radical (unpaired) electrons. The van der Waals surface area contributed by atoms with Gasteiger partial charge in [0.15, 0.2) is 0 Å². The smallest absolute Gasteiger partial charge is 0.305 e. The van der Waals surface area contributed by atoms with Crippen LogP contribution in [0.5, 0.6) is 0 Å². The number of nitrogens with zero attached hydrogens (tertiary/aromatic N) is 2. The number of hydrogen-bond acceptors (Lipinski definition) is 2. The molecule has 4 rings (SSSR count). The second-order valence-corrected chi connectivity index (χ2v) is 8.85. The fraction of sp³-hybridized carbons (Fsp3) is 0.259. The van der Waals surface area contributed by atoms with Gasteiger partial charge in [0.25, 0.3) is 5.91 Å². The van der Waals surface area contributed by atoms with Gasteiger partial charge in [-0.15, -0.1) is 0 Å². The third-order valence-electron chi connectivity index (χ3n) is 5.97. The molecule has 0 spiro atoms. The first-order chi connectivity index (χ1) is 14.8. The van der Waals surface area contributed by atoms with Crippen molar-refractivity contribution < 1.29 is 9.59 Å². The second-order valence-electron chi connectivity index (χ2n) is 8.85. The maximum atomic E-state index is 13.5. The molecule has 31 heavy (non-hydrogen) atoms. The first-order valence-electron chi connectivity index (χ1n) is 10.6. The van der Waals surface area contributed by atoms with Gasteiger partial charge in [0.05, 0.1) is 5.69 Å². The molecule has 3 aromatic rings. The largest absolute Gasteiger partial charge is 0.332 e. The summed E-state index contributed by atoms with van der Waals surface area (Å²) in [6.07, 6.45) is 0.786. The Hall–Kier alpha value is -3.40. The molecule has 0 aromatic heterocycles. The van der Waals surface area contributed by atoms with E-state index in [-0.39, 0.29) is 11.9 Å². The molecule has 4 nitrogen and oxygen atoms in total. The van der Waals surface area contributed by atoms with Gasteiger partial charge in [0.1, 0.15) is 5.54 Å². The molecule has 1 aliphatic rings. The van der Waals surface area contributed by atoms with Crippen LogP contribution in [0.3, 0.4) is 0 Å². The van der Waals surface area contributed by atoms with Crippen LogP contribution in [0.25, 0.3) is 0 Å². The highest BCUT2D eigenvalue weighted by atomic mass is 16.2. The number of benzene rings is 3. The molecular weight excluding hydrogens is 384 g/mol. The molecule has 3 amide bonds. The Kier molecular flexibility index (Phi) is 5.40. The average Bonchev–Trinajstić information content (AvgIpc) is 2.89. The van der Waals surface area contributed by atoms with Crippen molar-refractivity contribution in [3.8, 4) is 0 Å². The molecule has 1 fully saturated rings. The molecular formula is C27H28N2O2. The Labute approximate surface area is 184 Å². The van der Waals surface area contributed by atoms with E-state index >= 15 is 0 Å². The topological polar surface area (TPSA) is 40.6 Å². The molecule has 0 bridgehead atoms. The van der Waals surface area contributed by atoms with Gasteiger partial charge in [0.2, 0.25) is 0 Å². The summed E-state index contributed by atoms with van der Waals surface area (Å²) in [5.41, 5.74) is 5.21. The third-order valence-corrected chi connectivity index (χ3v) is 5.97. The van der Waals surface area contributed by atoms with E-state index in [0.29, 0.717) is 12.2 Å². The van der Waals surface area contributed by atoms with Crippen LogP contribution in [-0.4, -0.2) is 22.4 Å². The Morgan fingerprint density at radius 1 is 0.774 bits per heavy atom. The SMILES string of the molecule is Cc1cc(C)cc(N2C(=O)N(Cc3ccccc3Cc3ccccc3)C(C)(C)C2=O)c1. The summed E-state index contributed by atoms with van der Waals surface area (Å²) in [7, 11) is 0. The summed E-state index contributed by atoms with van der Waals surface area (Å²) in [6.45, 7) is 8.00. The van der Waals surface area contributed by atoms with Crippen molar-refractivity contribution >= 4 is 17.6 Å². The summed E-state index contributed by atoms with van der Waals surface area (Å²) < 4.78 is 0. The van der Waals surface area contributed by atoms with E-state index in [1.54, 1.807) is 4.90 Å². The zero-order valence-corrected chi connectivity index (χ0v) is 18.6. The maximum absolute atomic E-state index is 13.5. The normalized spacial score (nSPS) is 15.6. The first kappa shape index (κ1) is 20.9. The van der Waals surface area contributed by atoms with Crippen molar-refractivity contribution in [1.29, 1.82) is 0 Å². The van der Waals surface area contributed by atoms with Crippen LogP contribution in [0, 0.1) is 13.8 Å². The highest BCUT2D eigenvalue weighted by molar-refractivity contribution is 6.23. The minimum Gasteiger partial charge on any atom is -0.305 e. The van der Waals surface area contributed by atoms with Gasteiger partial charge >= 0.3 is 6.03 Å². The van der Waals surface area contributed by atoms with Gasteiger partial charge in [0, 0.05) is 6.54 Å². The fourth-order valence-corrected chi connectivity index (χ4v) is 4.28. The van der Waals surface area contributed by atoms with Gasteiger partial charge in [-0.05, 0) is 74.1 Å². The molecule has 1 heterocycles. The van der Waals surface area contributed by atoms with Crippen LogP contribution in [0.1, 0.15) is 41.7 Å². The van der Waals surface area contributed by atoms with Gasteiger partial charge < -0.3 is 4.90 Å². The minimum atomic E-state index is -0.922. The first-order valence-corrected chi connectivity index (χ1v) is 10.6. The number of anilines is 1. The van der Waals surface area contributed by atoms with E-state index in [0.717, 1.165) is 28.7 Å². The van der Waals surface area contributed by atoms with Crippen molar-refractivity contribution in [2.45, 2.75) is 46.2 Å². The Balaban J connectivity index is 1.66. The molecule has 1 aliphatic heterocycles. The molecule has 0 N–H and O–H groups in total. The summed E-state index contributed by atoms with van der Waals surface area (Å²) >= 11 is 0. The zero-order valence-electron chi connectivity index (χ0n) is 18.6. The van der Waals surface area contributed by atoms with Crippen LogP contribution >= 0.6 is 0 Å². The van der Waals surface area contributed by atoms with E-state index in [1.165, 1.54) is 10.5 Å². The number of urea groups is 1. The van der Waals surface area contributed by atoms with Crippen LogP contribution in [0.15, 0.2) is 72.8 Å². The standard InChI is InChI=1S/C27H28N2O2/c1-19-14-20(2)16-24(15-19)29-25(30)27(3,4)28(26(29)31)18-23-13-9-8-12-22(23)17-21-10-6-5-7-11-21/h5-16H,17-18H2,1-4H3. The molecule has 3 aromatic carbocycles. The van der Waals surface area contributed by atoms with Gasteiger partial charge in [-0.1, -0.05) is 60.7 Å². The Bertz CT molecular complexity index is 1110. The molecule has 0 aliphatic carbocycles. The molecule has 0 atom stereocenters. The number of aryl methyl sites for hydroxylation is 2. The lowest BCUT2D eigenvalue weighted by Crippen LogP contribution is -2.43. The molecule has 0 saturated carbocycles. The Morgan fingerprint density at radius 3 is 2.00 bits per heavy atom. The predicted octanol–water partition coefficient (Wildman–Crippen LogP) is 5.64. The lowest BCUT2D eigenvalue weighted by molar-refractivity contribution is -0.123. The van der Waals surface area contributed by atoms with Crippen molar-refractivity contribution in [1.82, 2.24) is 4.90 Å². The van der Waals surface area contributed by atoms with Crippen molar-refractivity contribution in [3.05, 3.63) is 101 Å². The van der Waals surface area contributed by atoms with Gasteiger partial charge in [-0.2, -0.15) is 0 Å². The quantitative estimate of drug-likeness (QED) is 0.509. The molecule has 0 unspecified atom stereocenters. The average molecular weight is 413 g/mol. The van der Waals surface area contributed by atoms with E-state index in [1.807, 2.05) is 82.3 Å². The van der Waals surface area contributed by atoms with Crippen LogP contribution in [0.2, 0.25) is 0 Å². The lowest BCUT2D eigenvalue weighted by Gasteiger charge is -2.28.